The standard InChI is InChI=1S/C15H29N3O/c1-3-14(13-16-5-1)15-4-2-6-18(15)8-7-17-9-11-19-12-10-17/h14-16H,1-13H2. The minimum atomic E-state index is 0.855. The van der Waals surface area contributed by atoms with E-state index in [9.17, 15) is 0 Å². The largest absolute Gasteiger partial charge is 0.379 e. The van der Waals surface area contributed by atoms with Gasteiger partial charge in [0, 0.05) is 32.2 Å². The van der Waals surface area contributed by atoms with E-state index in [2.05, 4.69) is 15.1 Å². The molecule has 110 valence electrons. The highest BCUT2D eigenvalue weighted by atomic mass is 16.5. The van der Waals surface area contributed by atoms with Gasteiger partial charge in [0.1, 0.15) is 0 Å². The van der Waals surface area contributed by atoms with E-state index < -0.39 is 0 Å². The Morgan fingerprint density at radius 1 is 1.00 bits per heavy atom. The first-order chi connectivity index (χ1) is 9.43. The molecule has 0 bridgehead atoms. The van der Waals surface area contributed by atoms with Crippen molar-refractivity contribution in [3.63, 3.8) is 0 Å². The zero-order valence-corrected chi connectivity index (χ0v) is 12.1. The molecule has 3 aliphatic rings. The van der Waals surface area contributed by atoms with E-state index in [4.69, 9.17) is 4.74 Å². The summed E-state index contributed by atoms with van der Waals surface area (Å²) in [5, 5.41) is 3.58. The van der Waals surface area contributed by atoms with Crippen LogP contribution in [0.1, 0.15) is 25.7 Å². The maximum absolute atomic E-state index is 5.42. The fourth-order valence-electron chi connectivity index (χ4n) is 3.97. The Bertz CT molecular complexity index is 262. The molecule has 0 spiro atoms. The lowest BCUT2D eigenvalue weighted by atomic mass is 9.90. The van der Waals surface area contributed by atoms with Crippen molar-refractivity contribution in [1.29, 1.82) is 0 Å². The van der Waals surface area contributed by atoms with Gasteiger partial charge in [-0.15, -0.1) is 0 Å². The van der Waals surface area contributed by atoms with Gasteiger partial charge >= 0.3 is 0 Å². The second-order valence-corrected chi connectivity index (χ2v) is 6.31. The third-order valence-electron chi connectivity index (χ3n) is 5.10. The van der Waals surface area contributed by atoms with Gasteiger partial charge in [0.15, 0.2) is 0 Å². The van der Waals surface area contributed by atoms with E-state index in [1.54, 1.807) is 0 Å². The van der Waals surface area contributed by atoms with Crippen molar-refractivity contribution in [2.24, 2.45) is 5.92 Å². The van der Waals surface area contributed by atoms with Crippen LogP contribution >= 0.6 is 0 Å². The summed E-state index contributed by atoms with van der Waals surface area (Å²) in [5.74, 6) is 0.904. The molecule has 19 heavy (non-hydrogen) atoms. The molecule has 3 heterocycles. The molecule has 4 heteroatoms. The predicted molar refractivity (Wildman–Crippen MR) is 77.4 cm³/mol. The molecule has 3 rings (SSSR count). The number of rotatable bonds is 4. The van der Waals surface area contributed by atoms with Crippen LogP contribution in [0.2, 0.25) is 0 Å². The molecule has 0 aromatic carbocycles. The highest BCUT2D eigenvalue weighted by molar-refractivity contribution is 4.88. The van der Waals surface area contributed by atoms with Crippen LogP contribution in [0.5, 0.6) is 0 Å². The van der Waals surface area contributed by atoms with Crippen molar-refractivity contribution in [3.05, 3.63) is 0 Å². The normalized spacial score (nSPS) is 34.7. The van der Waals surface area contributed by atoms with Gasteiger partial charge in [0.2, 0.25) is 0 Å². The average Bonchev–Trinajstić information content (AvgIpc) is 2.95. The molecular formula is C15H29N3O. The van der Waals surface area contributed by atoms with Gasteiger partial charge in [-0.3, -0.25) is 9.80 Å². The van der Waals surface area contributed by atoms with Crippen molar-refractivity contribution < 1.29 is 4.74 Å². The van der Waals surface area contributed by atoms with E-state index in [1.807, 2.05) is 0 Å². The van der Waals surface area contributed by atoms with Gasteiger partial charge in [-0.1, -0.05) is 0 Å². The number of morpholine rings is 1. The molecule has 0 radical (unpaired) electrons. The number of nitrogens with one attached hydrogen (secondary N) is 1. The number of hydrogen-bond acceptors (Lipinski definition) is 4. The molecule has 1 N–H and O–H groups in total. The zero-order valence-electron chi connectivity index (χ0n) is 12.1. The first kappa shape index (κ1) is 13.8. The highest BCUT2D eigenvalue weighted by Crippen LogP contribution is 2.27. The van der Waals surface area contributed by atoms with Gasteiger partial charge in [-0.2, -0.15) is 0 Å². The minimum Gasteiger partial charge on any atom is -0.379 e. The van der Waals surface area contributed by atoms with Crippen LogP contribution in [0, 0.1) is 5.92 Å². The van der Waals surface area contributed by atoms with Crippen LogP contribution in [0.4, 0.5) is 0 Å². The smallest absolute Gasteiger partial charge is 0.0594 e. The highest BCUT2D eigenvalue weighted by Gasteiger charge is 2.32. The van der Waals surface area contributed by atoms with Gasteiger partial charge in [-0.25, -0.2) is 0 Å². The monoisotopic (exact) mass is 267 g/mol. The third-order valence-corrected chi connectivity index (χ3v) is 5.10. The van der Waals surface area contributed by atoms with Gasteiger partial charge < -0.3 is 10.1 Å². The SMILES string of the molecule is C1CNCC(C2CCCN2CCN2CCOCC2)C1. The van der Waals surface area contributed by atoms with Crippen molar-refractivity contribution in [2.45, 2.75) is 31.7 Å². The molecule has 4 nitrogen and oxygen atoms in total. The Balaban J connectivity index is 1.45. The summed E-state index contributed by atoms with van der Waals surface area (Å²) in [5.41, 5.74) is 0. The topological polar surface area (TPSA) is 27.7 Å². The minimum absolute atomic E-state index is 0.855. The second-order valence-electron chi connectivity index (χ2n) is 6.31. The van der Waals surface area contributed by atoms with Gasteiger partial charge in [-0.05, 0) is 51.2 Å². The van der Waals surface area contributed by atoms with Crippen molar-refractivity contribution in [1.82, 2.24) is 15.1 Å². The molecule has 0 amide bonds. The summed E-state index contributed by atoms with van der Waals surface area (Å²) >= 11 is 0. The fraction of sp³-hybridized carbons (Fsp3) is 1.00. The molecule has 0 aromatic heterocycles. The summed E-state index contributed by atoms with van der Waals surface area (Å²) in [6, 6.07) is 0.855. The lowest BCUT2D eigenvalue weighted by molar-refractivity contribution is 0.0308. The summed E-state index contributed by atoms with van der Waals surface area (Å²) in [6.45, 7) is 10.4. The lowest BCUT2D eigenvalue weighted by Crippen LogP contribution is -2.47. The Hall–Kier alpha value is -0.160. The number of nitrogens with zero attached hydrogens (tertiary/aromatic N) is 2. The van der Waals surface area contributed by atoms with Crippen LogP contribution < -0.4 is 5.32 Å². The summed E-state index contributed by atoms with van der Waals surface area (Å²) in [4.78, 5) is 5.34. The second kappa shape index (κ2) is 7.02. The van der Waals surface area contributed by atoms with Crippen molar-refractivity contribution >= 4 is 0 Å². The molecule has 3 saturated heterocycles. The number of likely N-dealkylation sites (tertiary alicyclic amines) is 1. The molecule has 0 saturated carbocycles. The van der Waals surface area contributed by atoms with Crippen LogP contribution in [0.15, 0.2) is 0 Å². The lowest BCUT2D eigenvalue weighted by Gasteiger charge is -2.36. The van der Waals surface area contributed by atoms with Crippen LogP contribution in [-0.2, 0) is 4.74 Å². The Labute approximate surface area is 117 Å². The van der Waals surface area contributed by atoms with Gasteiger partial charge in [0.25, 0.3) is 0 Å². The quantitative estimate of drug-likeness (QED) is 0.815. The third kappa shape index (κ3) is 3.69. The Morgan fingerprint density at radius 3 is 2.68 bits per heavy atom. The Kier molecular flexibility index (Phi) is 5.10. The molecule has 2 atom stereocenters. The fourth-order valence-corrected chi connectivity index (χ4v) is 3.97. The molecule has 0 aromatic rings. The van der Waals surface area contributed by atoms with Crippen LogP contribution in [0.25, 0.3) is 0 Å². The maximum atomic E-state index is 5.42. The van der Waals surface area contributed by atoms with E-state index in [-0.39, 0.29) is 0 Å². The summed E-state index contributed by atoms with van der Waals surface area (Å²) in [6.07, 6.45) is 5.64. The van der Waals surface area contributed by atoms with E-state index >= 15 is 0 Å². The average molecular weight is 267 g/mol. The molecule has 2 unspecified atom stereocenters. The Morgan fingerprint density at radius 2 is 1.89 bits per heavy atom. The van der Waals surface area contributed by atoms with Crippen LogP contribution in [-0.4, -0.2) is 74.9 Å². The number of hydrogen-bond donors (Lipinski definition) is 1. The number of ether oxygens (including phenoxy) is 1. The van der Waals surface area contributed by atoms with Crippen molar-refractivity contribution in [2.75, 3.05) is 59.0 Å². The molecular weight excluding hydrogens is 238 g/mol. The van der Waals surface area contributed by atoms with E-state index in [0.717, 1.165) is 38.3 Å². The first-order valence-electron chi connectivity index (χ1n) is 8.18. The number of piperidine rings is 1. The predicted octanol–water partition coefficient (Wildman–Crippen LogP) is 0.783. The zero-order chi connectivity index (χ0) is 12.9. The van der Waals surface area contributed by atoms with Crippen molar-refractivity contribution in [3.8, 4) is 0 Å². The molecule has 0 aliphatic carbocycles. The summed E-state index contributed by atoms with van der Waals surface area (Å²) in [7, 11) is 0. The summed E-state index contributed by atoms with van der Waals surface area (Å²) < 4.78 is 5.42. The molecule has 3 fully saturated rings. The van der Waals surface area contributed by atoms with E-state index in [1.165, 1.54) is 58.4 Å². The maximum Gasteiger partial charge on any atom is 0.0594 e. The van der Waals surface area contributed by atoms with Crippen LogP contribution in [0.3, 0.4) is 0 Å². The van der Waals surface area contributed by atoms with E-state index in [0.29, 0.717) is 0 Å². The first-order valence-corrected chi connectivity index (χ1v) is 8.18. The van der Waals surface area contributed by atoms with Gasteiger partial charge in [0.05, 0.1) is 13.2 Å². The molecule has 3 aliphatic heterocycles.